The van der Waals surface area contributed by atoms with E-state index in [0.29, 0.717) is 27.5 Å². The van der Waals surface area contributed by atoms with E-state index in [-0.39, 0.29) is 38.2 Å². The van der Waals surface area contributed by atoms with Crippen LogP contribution < -0.4 is 5.56 Å². The maximum Gasteiger partial charge on any atom is 0.336 e. The van der Waals surface area contributed by atoms with Crippen molar-refractivity contribution in [2.75, 3.05) is 0 Å². The number of fused-ring (bicyclic) bond motifs is 5. The average molecular weight is 572 g/mol. The van der Waals surface area contributed by atoms with E-state index in [1.165, 1.54) is 16.5 Å². The van der Waals surface area contributed by atoms with Crippen LogP contribution in [0.1, 0.15) is 41.4 Å². The van der Waals surface area contributed by atoms with Crippen molar-refractivity contribution in [3.05, 3.63) is 105 Å². The summed E-state index contributed by atoms with van der Waals surface area (Å²) < 4.78 is 1.41. The fraction of sp³-hybridized carbons (Fsp3) is 0. The molecule has 0 aliphatic heterocycles. The van der Waals surface area contributed by atoms with Gasteiger partial charge in [-0.05, 0) is 47.3 Å². The number of aromatic carboxylic acids is 4. The largest absolute Gasteiger partial charge is 0.478 e. The SMILES string of the molecule is O=C(O)c1cc2c(=O)n3c4ccccc4nc3c3cccc(c1-c1ccc(C(=O)O)c4c(C(=O)O)ccc(C(=O)O)c14)c23. The molecule has 0 fully saturated rings. The highest BCUT2D eigenvalue weighted by Gasteiger charge is 2.28. The zero-order chi connectivity index (χ0) is 30.3. The highest BCUT2D eigenvalue weighted by molar-refractivity contribution is 6.27. The number of nitrogens with zero attached hydrogens (tertiary/aromatic N) is 2. The summed E-state index contributed by atoms with van der Waals surface area (Å²) in [7, 11) is 0. The first-order chi connectivity index (χ1) is 20.6. The van der Waals surface area contributed by atoms with Gasteiger partial charge in [-0.3, -0.25) is 9.20 Å². The van der Waals surface area contributed by atoms with Gasteiger partial charge in [0.25, 0.3) is 5.56 Å². The summed E-state index contributed by atoms with van der Waals surface area (Å²) in [4.78, 5) is 68.1. The molecule has 7 aromatic rings. The molecule has 2 heterocycles. The maximum atomic E-state index is 13.9. The Hall–Kier alpha value is -6.36. The number of aromatic nitrogens is 2. The molecule has 0 saturated heterocycles. The molecule has 7 rings (SSSR count). The Kier molecular flexibility index (Phi) is 5.25. The van der Waals surface area contributed by atoms with Gasteiger partial charge in [0.05, 0.1) is 33.3 Å². The van der Waals surface area contributed by atoms with Crippen LogP contribution in [-0.4, -0.2) is 53.7 Å². The van der Waals surface area contributed by atoms with Crippen molar-refractivity contribution >= 4 is 72.9 Å². The molecule has 0 saturated carbocycles. The van der Waals surface area contributed by atoms with E-state index in [9.17, 15) is 44.4 Å². The summed E-state index contributed by atoms with van der Waals surface area (Å²) in [6.45, 7) is 0. The topological polar surface area (TPSA) is 184 Å². The minimum absolute atomic E-state index is 0.00237. The lowest BCUT2D eigenvalue weighted by Gasteiger charge is -2.19. The van der Waals surface area contributed by atoms with Crippen LogP contribution in [0.5, 0.6) is 0 Å². The molecule has 0 amide bonds. The van der Waals surface area contributed by atoms with Crippen molar-refractivity contribution in [2.24, 2.45) is 0 Å². The molecular formula is C32H16N2O9. The lowest BCUT2D eigenvalue weighted by atomic mass is 9.84. The van der Waals surface area contributed by atoms with Crippen LogP contribution in [0.4, 0.5) is 0 Å². The van der Waals surface area contributed by atoms with Gasteiger partial charge in [-0.25, -0.2) is 24.2 Å². The van der Waals surface area contributed by atoms with Gasteiger partial charge in [0.1, 0.15) is 5.65 Å². The number of benzene rings is 5. The molecule has 0 radical (unpaired) electrons. The molecule has 0 aliphatic carbocycles. The Labute approximate surface area is 238 Å². The normalized spacial score (nSPS) is 11.6. The first kappa shape index (κ1) is 25.6. The van der Waals surface area contributed by atoms with E-state index in [1.807, 2.05) is 0 Å². The summed E-state index contributed by atoms with van der Waals surface area (Å²) in [6.07, 6.45) is 0. The minimum Gasteiger partial charge on any atom is -0.478 e. The van der Waals surface area contributed by atoms with Crippen molar-refractivity contribution in [1.82, 2.24) is 9.38 Å². The van der Waals surface area contributed by atoms with Crippen molar-refractivity contribution < 1.29 is 39.6 Å². The second-order valence-electron chi connectivity index (χ2n) is 9.93. The molecular weight excluding hydrogens is 556 g/mol. The number of pyridine rings is 1. The van der Waals surface area contributed by atoms with Crippen molar-refractivity contribution in [1.29, 1.82) is 0 Å². The Morgan fingerprint density at radius 2 is 1.16 bits per heavy atom. The zero-order valence-corrected chi connectivity index (χ0v) is 21.7. The number of carboxylic acid groups (broad SMARTS) is 4. The highest BCUT2D eigenvalue weighted by Crippen LogP contribution is 2.43. The molecule has 2 aromatic heterocycles. The van der Waals surface area contributed by atoms with Gasteiger partial charge in [-0.2, -0.15) is 0 Å². The molecule has 11 heteroatoms. The molecule has 0 bridgehead atoms. The van der Waals surface area contributed by atoms with Gasteiger partial charge in [-0.1, -0.05) is 36.4 Å². The third kappa shape index (κ3) is 3.42. The van der Waals surface area contributed by atoms with Gasteiger partial charge in [0.2, 0.25) is 0 Å². The van der Waals surface area contributed by atoms with Crippen LogP contribution in [0.3, 0.4) is 0 Å². The minimum atomic E-state index is -1.50. The van der Waals surface area contributed by atoms with Crippen LogP contribution in [0.25, 0.3) is 60.1 Å². The smallest absolute Gasteiger partial charge is 0.336 e. The lowest BCUT2D eigenvalue weighted by Crippen LogP contribution is -2.15. The molecule has 5 aromatic carbocycles. The molecule has 43 heavy (non-hydrogen) atoms. The van der Waals surface area contributed by atoms with E-state index >= 15 is 0 Å². The first-order valence-electron chi connectivity index (χ1n) is 12.8. The van der Waals surface area contributed by atoms with Crippen molar-refractivity contribution in [3.63, 3.8) is 0 Å². The molecule has 208 valence electrons. The van der Waals surface area contributed by atoms with E-state index < -0.39 is 46.1 Å². The number of carbonyl (C=O) groups is 4. The van der Waals surface area contributed by atoms with Gasteiger partial charge in [-0.15, -0.1) is 0 Å². The zero-order valence-electron chi connectivity index (χ0n) is 21.7. The highest BCUT2D eigenvalue weighted by atomic mass is 16.4. The Balaban J connectivity index is 1.76. The summed E-state index contributed by atoms with van der Waals surface area (Å²) in [5.74, 6) is -5.91. The summed E-state index contributed by atoms with van der Waals surface area (Å²) in [6, 6.07) is 17.6. The fourth-order valence-electron chi connectivity index (χ4n) is 6.07. The van der Waals surface area contributed by atoms with E-state index in [0.717, 1.165) is 18.2 Å². The number of para-hydroxylation sites is 2. The molecule has 0 spiro atoms. The van der Waals surface area contributed by atoms with Gasteiger partial charge >= 0.3 is 23.9 Å². The van der Waals surface area contributed by atoms with Gasteiger partial charge in [0, 0.05) is 32.5 Å². The first-order valence-corrected chi connectivity index (χ1v) is 12.8. The number of imidazole rings is 1. The Bertz CT molecular complexity index is 2470. The van der Waals surface area contributed by atoms with Crippen LogP contribution in [-0.2, 0) is 0 Å². The van der Waals surface area contributed by atoms with Crippen molar-refractivity contribution in [2.45, 2.75) is 0 Å². The second-order valence-corrected chi connectivity index (χ2v) is 9.93. The van der Waals surface area contributed by atoms with Crippen LogP contribution >= 0.6 is 0 Å². The van der Waals surface area contributed by atoms with E-state index in [2.05, 4.69) is 4.98 Å². The van der Waals surface area contributed by atoms with E-state index in [4.69, 9.17) is 0 Å². The van der Waals surface area contributed by atoms with Crippen molar-refractivity contribution in [3.8, 4) is 11.1 Å². The number of rotatable bonds is 5. The number of hydrogen-bond donors (Lipinski definition) is 4. The number of hydrogen-bond acceptors (Lipinski definition) is 6. The summed E-state index contributed by atoms with van der Waals surface area (Å²) >= 11 is 0. The maximum absolute atomic E-state index is 13.9. The van der Waals surface area contributed by atoms with Crippen LogP contribution in [0.15, 0.2) is 77.6 Å². The number of carboxylic acids is 4. The molecule has 0 aliphatic rings. The Morgan fingerprint density at radius 1 is 0.581 bits per heavy atom. The standard InChI is InChI=1S/C32H16N2O9/c35-28-19-12-20(32(42)43)23(13-4-3-5-15(24(13)19)27-33-21-6-1-2-7-22(21)34(27)28)14-8-9-17(30(38)39)26-18(31(40)41)11-10-16(25(14)26)29(36)37/h1-12H,(H,36,37)(H,38,39)(H,40,41)(H,42,43). The predicted molar refractivity (Wildman–Crippen MR) is 156 cm³/mol. The summed E-state index contributed by atoms with van der Waals surface area (Å²) in [5.41, 5.74) is -0.826. The molecule has 4 N–H and O–H groups in total. The fourth-order valence-corrected chi connectivity index (χ4v) is 6.07. The summed E-state index contributed by atoms with van der Waals surface area (Å²) in [5, 5.41) is 40.9. The second kappa shape index (κ2) is 8.82. The molecule has 0 atom stereocenters. The monoisotopic (exact) mass is 572 g/mol. The van der Waals surface area contributed by atoms with Crippen LogP contribution in [0.2, 0.25) is 0 Å². The van der Waals surface area contributed by atoms with Gasteiger partial charge < -0.3 is 20.4 Å². The lowest BCUT2D eigenvalue weighted by molar-refractivity contribution is 0.0680. The third-order valence-electron chi connectivity index (χ3n) is 7.75. The van der Waals surface area contributed by atoms with E-state index in [1.54, 1.807) is 42.5 Å². The molecule has 0 unspecified atom stereocenters. The average Bonchev–Trinajstić information content (AvgIpc) is 3.38. The predicted octanol–water partition coefficient (Wildman–Crippen LogP) is 5.20. The third-order valence-corrected chi connectivity index (χ3v) is 7.75. The van der Waals surface area contributed by atoms with Crippen LogP contribution in [0, 0.1) is 0 Å². The molecule has 11 nitrogen and oxygen atoms in total. The van der Waals surface area contributed by atoms with Gasteiger partial charge in [0.15, 0.2) is 0 Å². The Morgan fingerprint density at radius 3 is 1.81 bits per heavy atom. The quantitative estimate of drug-likeness (QED) is 0.214.